The summed E-state index contributed by atoms with van der Waals surface area (Å²) in [5.41, 5.74) is 0.501. The van der Waals surface area contributed by atoms with E-state index in [1.54, 1.807) is 24.8 Å². The molecule has 2 fully saturated rings. The minimum absolute atomic E-state index is 0. The van der Waals surface area contributed by atoms with Crippen LogP contribution in [-0.4, -0.2) is 128 Å². The van der Waals surface area contributed by atoms with E-state index in [1.807, 2.05) is 36.7 Å². The minimum Gasteiger partial charge on any atom is -0.408 e. The Balaban J connectivity index is 0.000000169. The van der Waals surface area contributed by atoms with E-state index in [0.717, 1.165) is 79.5 Å². The molecule has 4 N–H and O–H groups in total. The minimum atomic E-state index is -0.778. The number of piperidine rings is 1. The number of fused-ring (bicyclic) bond motifs is 4. The predicted molar refractivity (Wildman–Crippen MR) is 260 cm³/mol. The predicted octanol–water partition coefficient (Wildman–Crippen LogP) is 6.16. The topological polar surface area (TPSA) is 212 Å². The van der Waals surface area contributed by atoms with Gasteiger partial charge in [0, 0.05) is 100 Å². The molecule has 8 heterocycles. The normalized spacial score (nSPS) is 15.2. The molecule has 2 unspecified atom stereocenters. The van der Waals surface area contributed by atoms with Crippen molar-refractivity contribution in [2.45, 2.75) is 31.5 Å². The van der Waals surface area contributed by atoms with E-state index in [-0.39, 0.29) is 48.3 Å². The van der Waals surface area contributed by atoms with Gasteiger partial charge in [0.05, 0.1) is 23.0 Å². The molecule has 0 saturated carbocycles. The van der Waals surface area contributed by atoms with Crippen molar-refractivity contribution in [3.8, 4) is 0 Å². The Morgan fingerprint density at radius 3 is 1.65 bits per heavy atom. The van der Waals surface area contributed by atoms with E-state index in [2.05, 4.69) is 55.2 Å². The molecule has 2 aliphatic heterocycles. The molecule has 0 bridgehead atoms. The first-order valence-electron chi connectivity index (χ1n) is 21.8. The molecular formula is C47H49Cl2F2N11O6. The third-order valence-electron chi connectivity index (χ3n) is 11.3. The number of halogens is 4. The number of aliphatic hydroxyl groups excluding tert-OH is 2. The number of benzene rings is 2. The summed E-state index contributed by atoms with van der Waals surface area (Å²) in [5, 5.41) is 31.9. The van der Waals surface area contributed by atoms with Crippen LogP contribution < -0.4 is 27.0 Å². The highest BCUT2D eigenvalue weighted by Crippen LogP contribution is 2.25. The van der Waals surface area contributed by atoms with Crippen molar-refractivity contribution in [1.82, 2.24) is 39.7 Å². The van der Waals surface area contributed by atoms with Crippen molar-refractivity contribution in [2.75, 3.05) is 81.0 Å². The van der Waals surface area contributed by atoms with Crippen LogP contribution >= 0.6 is 24.0 Å². The van der Waals surface area contributed by atoms with Crippen molar-refractivity contribution < 1.29 is 27.8 Å². The number of nitrogens with zero attached hydrogens (tertiary/aromatic N) is 9. The van der Waals surface area contributed by atoms with Crippen LogP contribution in [0, 0.1) is 11.6 Å². The number of aromatic nitrogens is 6. The van der Waals surface area contributed by atoms with Crippen molar-refractivity contribution in [3.63, 3.8) is 0 Å². The molecule has 10 rings (SSSR count). The van der Waals surface area contributed by atoms with Crippen LogP contribution in [0.2, 0.25) is 5.15 Å². The van der Waals surface area contributed by atoms with Gasteiger partial charge in [-0.2, -0.15) is 9.97 Å². The largest absolute Gasteiger partial charge is 0.441 e. The molecule has 2 atom stereocenters. The maximum atomic E-state index is 13.6. The zero-order valence-corrected chi connectivity index (χ0v) is 38.3. The lowest BCUT2D eigenvalue weighted by atomic mass is 10.1. The third-order valence-corrected chi connectivity index (χ3v) is 11.6. The smallest absolute Gasteiger partial charge is 0.408 e. The summed E-state index contributed by atoms with van der Waals surface area (Å²) >= 11 is 5.81. The molecule has 356 valence electrons. The molecule has 17 nitrogen and oxygen atoms in total. The van der Waals surface area contributed by atoms with Crippen molar-refractivity contribution >= 4 is 84.9 Å². The van der Waals surface area contributed by atoms with Gasteiger partial charge in [-0.05, 0) is 97.4 Å². The molecule has 0 aliphatic carbocycles. The fourth-order valence-electron chi connectivity index (χ4n) is 8.02. The van der Waals surface area contributed by atoms with Crippen LogP contribution in [0.5, 0.6) is 0 Å². The van der Waals surface area contributed by atoms with E-state index in [4.69, 9.17) is 20.4 Å². The number of β-amino-alcohol motifs (C(OH)–C–C–N with tert-alkyl or cyclic N) is 2. The van der Waals surface area contributed by atoms with Crippen LogP contribution in [0.15, 0.2) is 116 Å². The number of hydrogen-bond donors (Lipinski definition) is 4. The number of piperazine rings is 1. The van der Waals surface area contributed by atoms with E-state index < -0.39 is 35.4 Å². The second-order valence-corrected chi connectivity index (χ2v) is 16.4. The summed E-state index contributed by atoms with van der Waals surface area (Å²) < 4.78 is 37.0. The van der Waals surface area contributed by atoms with Crippen molar-refractivity contribution in [2.24, 2.45) is 0 Å². The molecule has 6 aromatic heterocycles. The first kappa shape index (κ1) is 49.4. The van der Waals surface area contributed by atoms with Gasteiger partial charge in [0.1, 0.15) is 45.4 Å². The number of aliphatic hydroxyl groups is 2. The maximum Gasteiger partial charge on any atom is 0.441 e. The van der Waals surface area contributed by atoms with Gasteiger partial charge in [0.15, 0.2) is 0 Å². The van der Waals surface area contributed by atoms with Gasteiger partial charge >= 0.3 is 11.5 Å². The van der Waals surface area contributed by atoms with Crippen LogP contribution in [0.3, 0.4) is 0 Å². The Bertz CT molecular complexity index is 3060. The fourth-order valence-corrected chi connectivity index (χ4v) is 8.23. The molecule has 2 saturated heterocycles. The highest BCUT2D eigenvalue weighted by molar-refractivity contribution is 6.34. The monoisotopic (exact) mass is 971 g/mol. The molecule has 2 aliphatic rings. The molecule has 21 heteroatoms. The SMILES string of the molecule is Cl.Clc1nccc2ccncc12.O=c1nc(NCC(O)CN2CCCCC2)c2cc(F)ccc2o1.O=c1nc(NCC(O)CN2CCN(c3nccc4ccncc34)CC2)c2cc(F)ccc2o1. The lowest BCUT2D eigenvalue weighted by Crippen LogP contribution is -2.49. The Morgan fingerprint density at radius 2 is 1.10 bits per heavy atom. The van der Waals surface area contributed by atoms with Gasteiger partial charge in [-0.25, -0.2) is 28.3 Å². The van der Waals surface area contributed by atoms with Crippen molar-refractivity contribution in [1.29, 1.82) is 0 Å². The molecule has 2 aromatic carbocycles. The van der Waals surface area contributed by atoms with E-state index in [0.29, 0.717) is 29.0 Å². The van der Waals surface area contributed by atoms with Crippen LogP contribution in [0.1, 0.15) is 19.3 Å². The molecule has 0 spiro atoms. The van der Waals surface area contributed by atoms with Gasteiger partial charge < -0.3 is 39.5 Å². The number of likely N-dealkylation sites (tertiary alicyclic amines) is 1. The molecule has 68 heavy (non-hydrogen) atoms. The summed E-state index contributed by atoms with van der Waals surface area (Å²) in [6.07, 6.45) is 12.8. The zero-order chi connectivity index (χ0) is 46.7. The van der Waals surface area contributed by atoms with Crippen LogP contribution in [-0.2, 0) is 0 Å². The summed E-state index contributed by atoms with van der Waals surface area (Å²) in [6.45, 7) is 6.54. The van der Waals surface area contributed by atoms with Gasteiger partial charge in [-0.1, -0.05) is 18.0 Å². The Morgan fingerprint density at radius 1 is 0.618 bits per heavy atom. The fraction of sp³-hybridized carbons (Fsp3) is 0.319. The second kappa shape index (κ2) is 23.5. The van der Waals surface area contributed by atoms with E-state index in [9.17, 15) is 28.6 Å². The summed E-state index contributed by atoms with van der Waals surface area (Å²) in [7, 11) is 0. The summed E-state index contributed by atoms with van der Waals surface area (Å²) in [5.74, 6) is -1.08. The molecule has 0 radical (unpaired) electrons. The van der Waals surface area contributed by atoms with Crippen LogP contribution in [0.25, 0.3) is 43.5 Å². The number of pyridine rings is 4. The highest BCUT2D eigenvalue weighted by Gasteiger charge is 2.22. The summed E-state index contributed by atoms with van der Waals surface area (Å²) in [4.78, 5) is 54.0. The Hall–Kier alpha value is -6.48. The maximum absolute atomic E-state index is 13.6. The van der Waals surface area contributed by atoms with Gasteiger partial charge in [-0.3, -0.25) is 14.9 Å². The zero-order valence-electron chi connectivity index (χ0n) is 36.7. The quantitative estimate of drug-likeness (QED) is 0.107. The van der Waals surface area contributed by atoms with E-state index >= 15 is 0 Å². The Kier molecular flexibility index (Phi) is 17.1. The molecule has 8 aromatic rings. The number of anilines is 3. The molecular weight excluding hydrogens is 923 g/mol. The van der Waals surface area contributed by atoms with Gasteiger partial charge in [-0.15, -0.1) is 12.4 Å². The summed E-state index contributed by atoms with van der Waals surface area (Å²) in [6, 6.07) is 15.5. The van der Waals surface area contributed by atoms with Crippen LogP contribution in [0.4, 0.5) is 26.2 Å². The third kappa shape index (κ3) is 12.9. The standard InChI is InChI=1S/C23H23FN6O3.C16H20FN3O3.C8H5ClN2.ClH/c24-16-1-2-20-18(11-16)21(28-23(32)33-20)27-12-17(31)14-29-7-9-30(10-8-29)22-19-13-25-5-3-15(19)4-6-26-22;17-11-4-5-14-13(8-11)15(19-16(22)23-14)18-9-12(21)10-20-6-2-1-3-7-20;9-8-7-5-10-3-1-6(7)2-4-11-8;/h1-6,11,13,17,31H,7-10,12,14H2,(H,27,28,32);4-5,8,12,21H,1-3,6-7,9-10H2,(H,18,19,22);1-5H;1H. The second-order valence-electron chi connectivity index (χ2n) is 16.1. The number of rotatable bonds is 11. The highest BCUT2D eigenvalue weighted by atomic mass is 35.5. The number of hydrogen-bond acceptors (Lipinski definition) is 17. The molecule has 0 amide bonds. The first-order valence-corrected chi connectivity index (χ1v) is 22.2. The van der Waals surface area contributed by atoms with Gasteiger partial charge in [0.25, 0.3) is 0 Å². The van der Waals surface area contributed by atoms with Crippen molar-refractivity contribution in [3.05, 3.63) is 136 Å². The lowest BCUT2D eigenvalue weighted by Gasteiger charge is -2.36. The average Bonchev–Trinajstić information content (AvgIpc) is 3.34. The van der Waals surface area contributed by atoms with E-state index in [1.165, 1.54) is 42.8 Å². The lowest BCUT2D eigenvalue weighted by molar-refractivity contribution is 0.109. The van der Waals surface area contributed by atoms with Gasteiger partial charge in [0.2, 0.25) is 0 Å². The number of nitrogens with one attached hydrogen (secondary N) is 2. The first-order chi connectivity index (χ1) is 32.6. The Labute approximate surface area is 399 Å². The average molecular weight is 973 g/mol.